The Hall–Kier alpha value is -1.46. The molecule has 1 aromatic carbocycles. The molecule has 0 spiro atoms. The maximum atomic E-state index is 5.86. The fraction of sp³-hybridized carbons (Fsp3) is 0.231. The Bertz CT molecular complexity index is 545. The van der Waals surface area contributed by atoms with Gasteiger partial charge in [0.05, 0.1) is 0 Å². The van der Waals surface area contributed by atoms with Crippen LogP contribution in [0.5, 0.6) is 0 Å². The highest BCUT2D eigenvalue weighted by molar-refractivity contribution is 7.98. The number of anilines is 3. The van der Waals surface area contributed by atoms with Crippen LogP contribution < -0.4 is 10.6 Å². The molecular formula is C13H15ClN4S. The number of thioether (sulfide) groups is 1. The van der Waals surface area contributed by atoms with Crippen molar-refractivity contribution in [3.8, 4) is 0 Å². The second-order valence-corrected chi connectivity index (χ2v) is 5.00. The minimum atomic E-state index is 0.714. The van der Waals surface area contributed by atoms with Crippen LogP contribution in [0.3, 0.4) is 0 Å². The Labute approximate surface area is 122 Å². The van der Waals surface area contributed by atoms with E-state index in [9.17, 15) is 0 Å². The molecule has 0 saturated carbocycles. The molecule has 2 N–H and O–H groups in total. The highest BCUT2D eigenvalue weighted by Gasteiger charge is 2.04. The zero-order valence-electron chi connectivity index (χ0n) is 10.8. The number of aromatic nitrogens is 2. The lowest BCUT2D eigenvalue weighted by Gasteiger charge is -2.09. The van der Waals surface area contributed by atoms with Gasteiger partial charge in [-0.3, -0.25) is 0 Å². The first kappa shape index (κ1) is 14.0. The van der Waals surface area contributed by atoms with Crippen molar-refractivity contribution in [2.75, 3.05) is 23.4 Å². The van der Waals surface area contributed by atoms with Gasteiger partial charge in [0.1, 0.15) is 11.6 Å². The van der Waals surface area contributed by atoms with Gasteiger partial charge in [0, 0.05) is 23.3 Å². The fourth-order valence-corrected chi connectivity index (χ4v) is 2.04. The summed E-state index contributed by atoms with van der Waals surface area (Å²) in [7, 11) is 0. The van der Waals surface area contributed by atoms with Gasteiger partial charge in [0.25, 0.3) is 0 Å². The standard InChI is InChI=1S/C13H15ClN4S/c1-3-15-11-8-12(18-13(17-11)19-2)16-10-6-4-9(14)5-7-10/h4-8H,3H2,1-2H3,(H2,15,16,17,18). The normalized spacial score (nSPS) is 10.3. The second-order valence-electron chi connectivity index (χ2n) is 3.79. The van der Waals surface area contributed by atoms with Gasteiger partial charge in [-0.25, -0.2) is 9.97 Å². The smallest absolute Gasteiger partial charge is 0.191 e. The lowest BCUT2D eigenvalue weighted by molar-refractivity contribution is 0.967. The zero-order valence-corrected chi connectivity index (χ0v) is 12.3. The number of halogens is 1. The first-order chi connectivity index (χ1) is 9.21. The van der Waals surface area contributed by atoms with E-state index in [4.69, 9.17) is 11.6 Å². The van der Waals surface area contributed by atoms with Crippen LogP contribution in [-0.4, -0.2) is 22.8 Å². The Morgan fingerprint density at radius 3 is 2.47 bits per heavy atom. The molecule has 0 aliphatic rings. The van der Waals surface area contributed by atoms with Crippen LogP contribution in [0.25, 0.3) is 0 Å². The fourth-order valence-electron chi connectivity index (χ4n) is 1.53. The van der Waals surface area contributed by atoms with E-state index in [1.807, 2.05) is 43.5 Å². The summed E-state index contributed by atoms with van der Waals surface area (Å²) in [4.78, 5) is 8.80. The third kappa shape index (κ3) is 4.01. The third-order valence-electron chi connectivity index (χ3n) is 2.36. The molecule has 6 heteroatoms. The summed E-state index contributed by atoms with van der Waals surface area (Å²) < 4.78 is 0. The predicted octanol–water partition coefficient (Wildman–Crippen LogP) is 4.03. The van der Waals surface area contributed by atoms with Gasteiger partial charge < -0.3 is 10.6 Å². The molecule has 0 bridgehead atoms. The van der Waals surface area contributed by atoms with Gasteiger partial charge in [0.2, 0.25) is 0 Å². The van der Waals surface area contributed by atoms with Gasteiger partial charge >= 0.3 is 0 Å². The van der Waals surface area contributed by atoms with E-state index in [0.29, 0.717) is 5.02 Å². The summed E-state index contributed by atoms with van der Waals surface area (Å²) in [5.41, 5.74) is 0.942. The Morgan fingerprint density at radius 2 is 1.84 bits per heavy atom. The maximum Gasteiger partial charge on any atom is 0.191 e. The highest BCUT2D eigenvalue weighted by atomic mass is 35.5. The molecule has 0 aliphatic carbocycles. The molecule has 2 rings (SSSR count). The molecule has 100 valence electrons. The Morgan fingerprint density at radius 1 is 1.16 bits per heavy atom. The molecule has 19 heavy (non-hydrogen) atoms. The lowest BCUT2D eigenvalue weighted by atomic mass is 10.3. The van der Waals surface area contributed by atoms with E-state index in [1.165, 1.54) is 11.8 Å². The van der Waals surface area contributed by atoms with E-state index < -0.39 is 0 Å². The van der Waals surface area contributed by atoms with Crippen LogP contribution in [0.15, 0.2) is 35.5 Å². The zero-order chi connectivity index (χ0) is 13.7. The number of benzene rings is 1. The maximum absolute atomic E-state index is 5.86. The molecule has 0 aliphatic heterocycles. The molecule has 0 saturated heterocycles. The van der Waals surface area contributed by atoms with Crippen LogP contribution in [-0.2, 0) is 0 Å². The second kappa shape index (κ2) is 6.63. The first-order valence-electron chi connectivity index (χ1n) is 5.91. The van der Waals surface area contributed by atoms with Gasteiger partial charge in [-0.05, 0) is 37.4 Å². The van der Waals surface area contributed by atoms with Gasteiger partial charge in [-0.1, -0.05) is 23.4 Å². The Kier molecular flexibility index (Phi) is 4.87. The van der Waals surface area contributed by atoms with Crippen LogP contribution in [0.1, 0.15) is 6.92 Å². The molecule has 1 aromatic heterocycles. The minimum Gasteiger partial charge on any atom is -0.370 e. The predicted molar refractivity (Wildman–Crippen MR) is 82.7 cm³/mol. The molecule has 1 heterocycles. The number of nitrogens with zero attached hydrogens (tertiary/aromatic N) is 2. The van der Waals surface area contributed by atoms with E-state index in [0.717, 1.165) is 29.0 Å². The SMILES string of the molecule is CCNc1cc(Nc2ccc(Cl)cc2)nc(SC)n1. The Balaban J connectivity index is 2.23. The van der Waals surface area contributed by atoms with Crippen molar-refractivity contribution in [3.63, 3.8) is 0 Å². The quantitative estimate of drug-likeness (QED) is 0.644. The van der Waals surface area contributed by atoms with Crippen molar-refractivity contribution in [1.82, 2.24) is 9.97 Å². The minimum absolute atomic E-state index is 0.714. The number of rotatable bonds is 5. The lowest BCUT2D eigenvalue weighted by Crippen LogP contribution is -2.03. The van der Waals surface area contributed by atoms with Crippen LogP contribution in [0, 0.1) is 0 Å². The van der Waals surface area contributed by atoms with Crippen molar-refractivity contribution in [2.24, 2.45) is 0 Å². The van der Waals surface area contributed by atoms with Crippen molar-refractivity contribution < 1.29 is 0 Å². The summed E-state index contributed by atoms with van der Waals surface area (Å²) in [5, 5.41) is 7.88. The van der Waals surface area contributed by atoms with Gasteiger partial charge in [0.15, 0.2) is 5.16 Å². The summed E-state index contributed by atoms with van der Waals surface area (Å²) in [5.74, 6) is 1.58. The van der Waals surface area contributed by atoms with E-state index in [2.05, 4.69) is 20.6 Å². The highest BCUT2D eigenvalue weighted by Crippen LogP contribution is 2.21. The van der Waals surface area contributed by atoms with Crippen molar-refractivity contribution in [1.29, 1.82) is 0 Å². The van der Waals surface area contributed by atoms with Crippen LogP contribution >= 0.6 is 23.4 Å². The average molecular weight is 295 g/mol. The van der Waals surface area contributed by atoms with Gasteiger partial charge in [-0.2, -0.15) is 0 Å². The van der Waals surface area contributed by atoms with Crippen molar-refractivity contribution >= 4 is 40.7 Å². The van der Waals surface area contributed by atoms with E-state index in [1.54, 1.807) is 0 Å². The largest absolute Gasteiger partial charge is 0.370 e. The van der Waals surface area contributed by atoms with Crippen molar-refractivity contribution in [2.45, 2.75) is 12.1 Å². The van der Waals surface area contributed by atoms with Gasteiger partial charge in [-0.15, -0.1) is 0 Å². The summed E-state index contributed by atoms with van der Waals surface area (Å²) in [6.45, 7) is 2.86. The van der Waals surface area contributed by atoms with Crippen LogP contribution in [0.4, 0.5) is 17.3 Å². The average Bonchev–Trinajstić information content (AvgIpc) is 2.41. The van der Waals surface area contributed by atoms with E-state index in [-0.39, 0.29) is 0 Å². The number of nitrogens with one attached hydrogen (secondary N) is 2. The number of hydrogen-bond donors (Lipinski definition) is 2. The third-order valence-corrected chi connectivity index (χ3v) is 3.16. The molecular weight excluding hydrogens is 280 g/mol. The molecule has 0 amide bonds. The number of hydrogen-bond acceptors (Lipinski definition) is 5. The molecule has 4 nitrogen and oxygen atoms in total. The topological polar surface area (TPSA) is 49.8 Å². The molecule has 0 radical (unpaired) electrons. The van der Waals surface area contributed by atoms with Crippen LogP contribution in [0.2, 0.25) is 5.02 Å². The molecule has 0 atom stereocenters. The monoisotopic (exact) mass is 294 g/mol. The summed E-state index contributed by atoms with van der Waals surface area (Å²) in [6.07, 6.45) is 1.96. The first-order valence-corrected chi connectivity index (χ1v) is 7.51. The molecule has 0 fully saturated rings. The summed E-state index contributed by atoms with van der Waals surface area (Å²) >= 11 is 7.37. The molecule has 0 unspecified atom stereocenters. The van der Waals surface area contributed by atoms with E-state index >= 15 is 0 Å². The molecule has 2 aromatic rings. The van der Waals surface area contributed by atoms with Crippen molar-refractivity contribution in [3.05, 3.63) is 35.4 Å². The summed E-state index contributed by atoms with van der Waals surface area (Å²) in [6, 6.07) is 9.39.